The first-order valence-corrected chi connectivity index (χ1v) is 9.49. The van der Waals surface area contributed by atoms with Gasteiger partial charge >= 0.3 is 0 Å². The number of benzene rings is 2. The number of carbonyl (C=O) groups is 2. The fourth-order valence-electron chi connectivity index (χ4n) is 2.95. The molecule has 0 saturated heterocycles. The van der Waals surface area contributed by atoms with Crippen molar-refractivity contribution in [2.45, 2.75) is 12.8 Å². The SMILES string of the molecule is O=C(NCCC(=O)N1CC=C(c2ccccc2)CC1)c1ccc(Br)cc1. The number of hydrogen-bond donors (Lipinski definition) is 1. The highest BCUT2D eigenvalue weighted by molar-refractivity contribution is 9.10. The summed E-state index contributed by atoms with van der Waals surface area (Å²) in [5.41, 5.74) is 3.11. The smallest absolute Gasteiger partial charge is 0.251 e. The van der Waals surface area contributed by atoms with Crippen LogP contribution in [0.1, 0.15) is 28.8 Å². The van der Waals surface area contributed by atoms with E-state index in [2.05, 4.69) is 39.5 Å². The van der Waals surface area contributed by atoms with Crippen molar-refractivity contribution in [2.75, 3.05) is 19.6 Å². The largest absolute Gasteiger partial charge is 0.352 e. The zero-order chi connectivity index (χ0) is 18.4. The number of halogens is 1. The third-order valence-corrected chi connectivity index (χ3v) is 4.97. The molecule has 26 heavy (non-hydrogen) atoms. The maximum Gasteiger partial charge on any atom is 0.251 e. The summed E-state index contributed by atoms with van der Waals surface area (Å²) < 4.78 is 0.928. The molecule has 0 aliphatic carbocycles. The molecule has 0 fully saturated rings. The van der Waals surface area contributed by atoms with Crippen LogP contribution < -0.4 is 5.32 Å². The van der Waals surface area contributed by atoms with E-state index in [0.717, 1.165) is 17.4 Å². The van der Waals surface area contributed by atoms with Crippen molar-refractivity contribution < 1.29 is 9.59 Å². The number of nitrogens with zero attached hydrogens (tertiary/aromatic N) is 1. The Labute approximate surface area is 162 Å². The topological polar surface area (TPSA) is 49.4 Å². The molecule has 0 atom stereocenters. The minimum atomic E-state index is -0.157. The van der Waals surface area contributed by atoms with Gasteiger partial charge in [-0.2, -0.15) is 0 Å². The second-order valence-electron chi connectivity index (χ2n) is 6.20. The van der Waals surface area contributed by atoms with Gasteiger partial charge in [0.05, 0.1) is 0 Å². The van der Waals surface area contributed by atoms with Gasteiger partial charge in [-0.25, -0.2) is 0 Å². The summed E-state index contributed by atoms with van der Waals surface area (Å²) in [6.07, 6.45) is 3.30. The Morgan fingerprint density at radius 1 is 1.04 bits per heavy atom. The van der Waals surface area contributed by atoms with Gasteiger partial charge < -0.3 is 10.2 Å². The van der Waals surface area contributed by atoms with Gasteiger partial charge in [-0.1, -0.05) is 52.3 Å². The van der Waals surface area contributed by atoms with Crippen molar-refractivity contribution in [1.82, 2.24) is 10.2 Å². The molecular formula is C21H21BrN2O2. The van der Waals surface area contributed by atoms with Gasteiger partial charge in [0.1, 0.15) is 0 Å². The van der Waals surface area contributed by atoms with Gasteiger partial charge in [0, 0.05) is 36.1 Å². The van der Waals surface area contributed by atoms with Gasteiger partial charge in [-0.3, -0.25) is 9.59 Å². The van der Waals surface area contributed by atoms with Crippen LogP contribution in [0, 0.1) is 0 Å². The van der Waals surface area contributed by atoms with E-state index in [-0.39, 0.29) is 11.8 Å². The molecule has 0 unspecified atom stereocenters. The van der Waals surface area contributed by atoms with Crippen molar-refractivity contribution >= 4 is 33.3 Å². The lowest BCUT2D eigenvalue weighted by Gasteiger charge is -2.26. The van der Waals surface area contributed by atoms with E-state index >= 15 is 0 Å². The van der Waals surface area contributed by atoms with Crippen LogP contribution in [0.15, 0.2) is 65.1 Å². The van der Waals surface area contributed by atoms with Crippen molar-refractivity contribution in [3.63, 3.8) is 0 Å². The van der Waals surface area contributed by atoms with Crippen LogP contribution in [0.2, 0.25) is 0 Å². The van der Waals surface area contributed by atoms with E-state index in [1.807, 2.05) is 35.2 Å². The second-order valence-corrected chi connectivity index (χ2v) is 7.11. The molecule has 2 aromatic rings. The highest BCUT2D eigenvalue weighted by Crippen LogP contribution is 2.22. The quantitative estimate of drug-likeness (QED) is 0.809. The zero-order valence-corrected chi connectivity index (χ0v) is 16.0. The van der Waals surface area contributed by atoms with Crippen LogP contribution in [0.5, 0.6) is 0 Å². The molecule has 1 aliphatic heterocycles. The Morgan fingerprint density at radius 2 is 1.77 bits per heavy atom. The predicted octanol–water partition coefficient (Wildman–Crippen LogP) is 3.88. The van der Waals surface area contributed by atoms with Gasteiger partial charge in [-0.15, -0.1) is 0 Å². The Bertz CT molecular complexity index is 801. The molecule has 1 heterocycles. The van der Waals surface area contributed by atoms with Gasteiger partial charge in [-0.05, 0) is 41.8 Å². The number of amides is 2. The van der Waals surface area contributed by atoms with Crippen molar-refractivity contribution in [1.29, 1.82) is 0 Å². The summed E-state index contributed by atoms with van der Waals surface area (Å²) in [6, 6.07) is 17.4. The molecule has 2 amide bonds. The number of carbonyl (C=O) groups excluding carboxylic acids is 2. The summed E-state index contributed by atoms with van der Waals surface area (Å²) >= 11 is 3.34. The van der Waals surface area contributed by atoms with E-state index in [4.69, 9.17) is 0 Å². The first kappa shape index (κ1) is 18.4. The zero-order valence-electron chi connectivity index (χ0n) is 14.5. The van der Waals surface area contributed by atoms with Crippen molar-refractivity contribution in [3.8, 4) is 0 Å². The molecule has 4 nitrogen and oxygen atoms in total. The van der Waals surface area contributed by atoms with Gasteiger partial charge in [0.25, 0.3) is 5.91 Å². The van der Waals surface area contributed by atoms with Crippen molar-refractivity contribution in [2.24, 2.45) is 0 Å². The molecule has 0 spiro atoms. The molecule has 5 heteroatoms. The molecule has 3 rings (SSSR count). The lowest BCUT2D eigenvalue weighted by atomic mass is 9.99. The maximum absolute atomic E-state index is 12.3. The summed E-state index contributed by atoms with van der Waals surface area (Å²) in [5, 5.41) is 2.81. The second kappa shape index (κ2) is 8.81. The van der Waals surface area contributed by atoms with E-state index in [0.29, 0.717) is 25.1 Å². The molecule has 134 valence electrons. The summed E-state index contributed by atoms with van der Waals surface area (Å²) in [5.74, 6) is -0.0836. The third kappa shape index (κ3) is 4.82. The summed E-state index contributed by atoms with van der Waals surface area (Å²) in [4.78, 5) is 26.2. The van der Waals surface area contributed by atoms with E-state index in [1.165, 1.54) is 11.1 Å². The molecular weight excluding hydrogens is 392 g/mol. The number of rotatable bonds is 5. The first-order valence-electron chi connectivity index (χ1n) is 8.69. The molecule has 0 bridgehead atoms. The van der Waals surface area contributed by atoms with Crippen LogP contribution in [0.4, 0.5) is 0 Å². The maximum atomic E-state index is 12.3. The standard InChI is InChI=1S/C21H21BrN2O2/c22-19-8-6-18(7-9-19)21(26)23-13-10-20(25)24-14-11-17(12-15-24)16-4-2-1-3-5-16/h1-9,11H,10,12-15H2,(H,23,26). The first-order chi connectivity index (χ1) is 12.6. The molecule has 0 aromatic heterocycles. The van der Waals surface area contributed by atoms with Gasteiger partial charge in [0.2, 0.25) is 5.91 Å². The molecule has 1 aliphatic rings. The lowest BCUT2D eigenvalue weighted by molar-refractivity contribution is -0.130. The fourth-order valence-corrected chi connectivity index (χ4v) is 3.22. The Hall–Kier alpha value is -2.40. The summed E-state index contributed by atoms with van der Waals surface area (Å²) in [7, 11) is 0. The van der Waals surface area contributed by atoms with Crippen LogP contribution in [0.25, 0.3) is 5.57 Å². The van der Waals surface area contributed by atoms with E-state index in [9.17, 15) is 9.59 Å². The highest BCUT2D eigenvalue weighted by atomic mass is 79.9. The van der Waals surface area contributed by atoms with Crippen LogP contribution >= 0.6 is 15.9 Å². The Morgan fingerprint density at radius 3 is 2.42 bits per heavy atom. The normalized spacial score (nSPS) is 13.9. The predicted molar refractivity (Wildman–Crippen MR) is 107 cm³/mol. The molecule has 1 N–H and O–H groups in total. The average Bonchev–Trinajstić information content (AvgIpc) is 2.69. The number of nitrogens with one attached hydrogen (secondary N) is 1. The van der Waals surface area contributed by atoms with Gasteiger partial charge in [0.15, 0.2) is 0 Å². The number of hydrogen-bond acceptors (Lipinski definition) is 2. The Balaban J connectivity index is 1.45. The van der Waals surface area contributed by atoms with Crippen LogP contribution in [-0.2, 0) is 4.79 Å². The van der Waals surface area contributed by atoms with Crippen LogP contribution in [-0.4, -0.2) is 36.3 Å². The lowest BCUT2D eigenvalue weighted by Crippen LogP contribution is -2.37. The summed E-state index contributed by atoms with van der Waals surface area (Å²) in [6.45, 7) is 1.70. The Kier molecular flexibility index (Phi) is 6.23. The molecule has 2 aromatic carbocycles. The third-order valence-electron chi connectivity index (χ3n) is 4.44. The van der Waals surface area contributed by atoms with E-state index < -0.39 is 0 Å². The van der Waals surface area contributed by atoms with E-state index in [1.54, 1.807) is 12.1 Å². The fraction of sp³-hybridized carbons (Fsp3) is 0.238. The van der Waals surface area contributed by atoms with Crippen molar-refractivity contribution in [3.05, 3.63) is 76.3 Å². The molecule has 0 saturated carbocycles. The average molecular weight is 413 g/mol. The molecule has 0 radical (unpaired) electrons. The minimum absolute atomic E-state index is 0.0736. The highest BCUT2D eigenvalue weighted by Gasteiger charge is 2.17. The van der Waals surface area contributed by atoms with Crippen LogP contribution in [0.3, 0.4) is 0 Å². The minimum Gasteiger partial charge on any atom is -0.352 e. The monoisotopic (exact) mass is 412 g/mol.